The number of rotatable bonds is 6. The molecule has 1 aromatic rings. The van der Waals surface area contributed by atoms with Crippen molar-refractivity contribution in [2.45, 2.75) is 25.9 Å². The predicted molar refractivity (Wildman–Crippen MR) is 67.4 cm³/mol. The summed E-state index contributed by atoms with van der Waals surface area (Å²) in [5, 5.41) is 18.3. The predicted octanol–water partition coefficient (Wildman–Crippen LogP) is 0.699. The standard InChI is InChI=1S/C12H18BFO4/c1-12(2,17-3)6-7-18-11-8-9(14)4-5-10(11)13(15)16/h4-5,8,15-16H,6-7H2,1-3H3. The third kappa shape index (κ3) is 4.29. The smallest absolute Gasteiger partial charge is 0.492 e. The van der Waals surface area contributed by atoms with E-state index < -0.39 is 12.9 Å². The van der Waals surface area contributed by atoms with E-state index in [2.05, 4.69) is 0 Å². The molecule has 0 aliphatic carbocycles. The summed E-state index contributed by atoms with van der Waals surface area (Å²) in [6, 6.07) is 3.58. The van der Waals surface area contributed by atoms with E-state index in [1.54, 1.807) is 7.11 Å². The number of halogens is 1. The van der Waals surface area contributed by atoms with E-state index in [-0.39, 0.29) is 16.8 Å². The molecule has 0 aromatic heterocycles. The Kier molecular flexibility index (Phi) is 5.13. The fraction of sp³-hybridized carbons (Fsp3) is 0.500. The first-order valence-electron chi connectivity index (χ1n) is 5.69. The molecule has 0 amide bonds. The molecule has 0 atom stereocenters. The minimum absolute atomic E-state index is 0.136. The van der Waals surface area contributed by atoms with Gasteiger partial charge in [0.1, 0.15) is 11.6 Å². The van der Waals surface area contributed by atoms with Crippen LogP contribution in [0.25, 0.3) is 0 Å². The second kappa shape index (κ2) is 6.18. The summed E-state index contributed by atoms with van der Waals surface area (Å²) in [4.78, 5) is 0. The van der Waals surface area contributed by atoms with Gasteiger partial charge in [0.15, 0.2) is 0 Å². The van der Waals surface area contributed by atoms with E-state index in [1.165, 1.54) is 6.07 Å². The Morgan fingerprint density at radius 2 is 2.00 bits per heavy atom. The number of benzene rings is 1. The van der Waals surface area contributed by atoms with E-state index in [0.29, 0.717) is 13.0 Å². The highest BCUT2D eigenvalue weighted by molar-refractivity contribution is 6.59. The number of ether oxygens (including phenoxy) is 2. The summed E-state index contributed by atoms with van der Waals surface area (Å²) >= 11 is 0. The van der Waals surface area contributed by atoms with E-state index in [9.17, 15) is 4.39 Å². The molecule has 0 radical (unpaired) electrons. The van der Waals surface area contributed by atoms with Gasteiger partial charge in [-0.1, -0.05) is 6.07 Å². The van der Waals surface area contributed by atoms with Gasteiger partial charge < -0.3 is 19.5 Å². The molecule has 0 heterocycles. The van der Waals surface area contributed by atoms with Gasteiger partial charge in [-0.05, 0) is 19.9 Å². The van der Waals surface area contributed by atoms with Crippen LogP contribution in [0, 0.1) is 5.82 Å². The molecule has 0 saturated heterocycles. The maximum absolute atomic E-state index is 13.1. The van der Waals surface area contributed by atoms with Crippen molar-refractivity contribution in [2.75, 3.05) is 13.7 Å². The molecule has 1 aromatic carbocycles. The van der Waals surface area contributed by atoms with Crippen LogP contribution < -0.4 is 10.2 Å². The van der Waals surface area contributed by atoms with Gasteiger partial charge in [0.25, 0.3) is 0 Å². The van der Waals surface area contributed by atoms with Crippen LogP contribution in [0.1, 0.15) is 20.3 Å². The second-order valence-corrected chi connectivity index (χ2v) is 4.62. The highest BCUT2D eigenvalue weighted by Crippen LogP contribution is 2.15. The van der Waals surface area contributed by atoms with Crippen LogP contribution in [0.15, 0.2) is 18.2 Å². The van der Waals surface area contributed by atoms with Crippen molar-refractivity contribution in [1.82, 2.24) is 0 Å². The largest absolute Gasteiger partial charge is 0.494 e. The fourth-order valence-corrected chi connectivity index (χ4v) is 1.36. The molecular formula is C12H18BFO4. The molecule has 0 spiro atoms. The highest BCUT2D eigenvalue weighted by Gasteiger charge is 2.20. The quantitative estimate of drug-likeness (QED) is 0.735. The lowest BCUT2D eigenvalue weighted by molar-refractivity contribution is 0.00551. The van der Waals surface area contributed by atoms with E-state index in [1.807, 2.05) is 13.8 Å². The first-order chi connectivity index (χ1) is 8.35. The first-order valence-corrected chi connectivity index (χ1v) is 5.69. The van der Waals surface area contributed by atoms with Crippen molar-refractivity contribution in [1.29, 1.82) is 0 Å². The summed E-state index contributed by atoms with van der Waals surface area (Å²) in [5.41, 5.74) is -0.197. The van der Waals surface area contributed by atoms with Gasteiger partial charge in [0, 0.05) is 25.1 Å². The maximum Gasteiger partial charge on any atom is 0.492 e. The van der Waals surface area contributed by atoms with Crippen LogP contribution in [0.4, 0.5) is 4.39 Å². The molecule has 18 heavy (non-hydrogen) atoms. The zero-order valence-corrected chi connectivity index (χ0v) is 10.8. The van der Waals surface area contributed by atoms with E-state index in [4.69, 9.17) is 19.5 Å². The molecule has 0 fully saturated rings. The Labute approximate surface area is 106 Å². The van der Waals surface area contributed by atoms with Gasteiger partial charge in [-0.25, -0.2) is 4.39 Å². The zero-order valence-electron chi connectivity index (χ0n) is 10.8. The first kappa shape index (κ1) is 15.0. The average Bonchev–Trinajstić information content (AvgIpc) is 2.28. The summed E-state index contributed by atoms with van der Waals surface area (Å²) < 4.78 is 23.7. The van der Waals surface area contributed by atoms with Gasteiger partial charge in [-0.2, -0.15) is 0 Å². The van der Waals surface area contributed by atoms with Gasteiger partial charge in [-0.15, -0.1) is 0 Å². The lowest BCUT2D eigenvalue weighted by Gasteiger charge is -2.23. The molecule has 0 aliphatic heterocycles. The summed E-state index contributed by atoms with van der Waals surface area (Å²) in [7, 11) is -0.0820. The van der Waals surface area contributed by atoms with Crippen molar-refractivity contribution in [3.8, 4) is 5.75 Å². The summed E-state index contributed by atoms with van der Waals surface area (Å²) in [6.07, 6.45) is 0.598. The number of hydrogen-bond acceptors (Lipinski definition) is 4. The Morgan fingerprint density at radius 3 is 2.56 bits per heavy atom. The molecule has 0 unspecified atom stereocenters. The molecule has 4 nitrogen and oxygen atoms in total. The minimum Gasteiger partial charge on any atom is -0.494 e. The molecule has 0 aliphatic rings. The minimum atomic E-state index is -1.68. The Bertz CT molecular complexity index is 396. The van der Waals surface area contributed by atoms with Gasteiger partial charge in [0.2, 0.25) is 0 Å². The molecule has 1 rings (SSSR count). The van der Waals surface area contributed by atoms with Crippen LogP contribution in [0.3, 0.4) is 0 Å². The van der Waals surface area contributed by atoms with Crippen molar-refractivity contribution >= 4 is 12.6 Å². The van der Waals surface area contributed by atoms with Crippen molar-refractivity contribution in [3.63, 3.8) is 0 Å². The topological polar surface area (TPSA) is 58.9 Å². The maximum atomic E-state index is 13.1. The highest BCUT2D eigenvalue weighted by atomic mass is 19.1. The Hall–Kier alpha value is -1.11. The zero-order chi connectivity index (χ0) is 13.8. The molecule has 100 valence electrons. The average molecular weight is 256 g/mol. The molecule has 0 bridgehead atoms. The second-order valence-electron chi connectivity index (χ2n) is 4.62. The Balaban J connectivity index is 2.69. The van der Waals surface area contributed by atoms with Crippen LogP contribution in [-0.4, -0.2) is 36.5 Å². The third-order valence-corrected chi connectivity index (χ3v) is 2.77. The van der Waals surface area contributed by atoms with Crippen LogP contribution in [-0.2, 0) is 4.74 Å². The van der Waals surface area contributed by atoms with E-state index in [0.717, 1.165) is 12.1 Å². The fourth-order valence-electron chi connectivity index (χ4n) is 1.36. The Morgan fingerprint density at radius 1 is 1.33 bits per heavy atom. The normalized spacial score (nSPS) is 11.4. The summed E-state index contributed by atoms with van der Waals surface area (Å²) in [5.74, 6) is -0.350. The van der Waals surface area contributed by atoms with Gasteiger partial charge in [0.05, 0.1) is 12.2 Å². The van der Waals surface area contributed by atoms with Crippen LogP contribution >= 0.6 is 0 Å². The van der Waals surface area contributed by atoms with Gasteiger partial charge >= 0.3 is 7.12 Å². The van der Waals surface area contributed by atoms with Gasteiger partial charge in [-0.3, -0.25) is 0 Å². The molecule has 0 saturated carbocycles. The van der Waals surface area contributed by atoms with Crippen molar-refractivity contribution < 1.29 is 23.9 Å². The molecule has 2 N–H and O–H groups in total. The third-order valence-electron chi connectivity index (χ3n) is 2.77. The molecule has 6 heteroatoms. The monoisotopic (exact) mass is 256 g/mol. The van der Waals surface area contributed by atoms with Crippen molar-refractivity contribution in [3.05, 3.63) is 24.0 Å². The summed E-state index contributed by atoms with van der Waals surface area (Å²) in [6.45, 7) is 4.11. The van der Waals surface area contributed by atoms with Crippen LogP contribution in [0.2, 0.25) is 0 Å². The number of hydrogen-bond donors (Lipinski definition) is 2. The van der Waals surface area contributed by atoms with Crippen LogP contribution in [0.5, 0.6) is 5.75 Å². The number of methoxy groups -OCH3 is 1. The van der Waals surface area contributed by atoms with Crippen molar-refractivity contribution in [2.24, 2.45) is 0 Å². The lowest BCUT2D eigenvalue weighted by atomic mass is 9.79. The lowest BCUT2D eigenvalue weighted by Crippen LogP contribution is -2.32. The van der Waals surface area contributed by atoms with E-state index >= 15 is 0 Å². The molecular weight excluding hydrogens is 238 g/mol. The SMILES string of the molecule is COC(C)(C)CCOc1cc(F)ccc1B(O)O.